The third-order valence-corrected chi connectivity index (χ3v) is 4.76. The maximum Gasteiger partial charge on any atom is 0.296 e. The molecule has 1 amide bonds. The van der Waals surface area contributed by atoms with Gasteiger partial charge in [0, 0.05) is 38.3 Å². The number of hydrogen-bond acceptors (Lipinski definition) is 8. The molecule has 1 heterocycles. The maximum atomic E-state index is 12.4. The number of benzene rings is 2. The van der Waals surface area contributed by atoms with Crippen LogP contribution in [0.2, 0.25) is 0 Å². The number of amides is 1. The zero-order chi connectivity index (χ0) is 21.7. The third-order valence-electron chi connectivity index (χ3n) is 4.76. The van der Waals surface area contributed by atoms with E-state index in [1.165, 1.54) is 37.4 Å². The summed E-state index contributed by atoms with van der Waals surface area (Å²) < 4.78 is 10.5. The molecule has 0 radical (unpaired) electrons. The molecule has 158 valence electrons. The van der Waals surface area contributed by atoms with Gasteiger partial charge in [0.2, 0.25) is 0 Å². The van der Waals surface area contributed by atoms with Crippen LogP contribution in [-0.4, -0.2) is 60.5 Å². The highest BCUT2D eigenvalue weighted by molar-refractivity contribution is 5.78. The Balaban J connectivity index is 1.55. The van der Waals surface area contributed by atoms with Crippen LogP contribution in [0.5, 0.6) is 11.5 Å². The Hall–Kier alpha value is -3.89. The van der Waals surface area contributed by atoms with E-state index in [9.17, 15) is 25.0 Å². The van der Waals surface area contributed by atoms with Crippen molar-refractivity contribution >= 4 is 23.0 Å². The van der Waals surface area contributed by atoms with Gasteiger partial charge >= 0.3 is 0 Å². The Morgan fingerprint density at radius 3 is 2.17 bits per heavy atom. The summed E-state index contributed by atoms with van der Waals surface area (Å²) in [4.78, 5) is 37.0. The smallest absolute Gasteiger partial charge is 0.296 e. The van der Waals surface area contributed by atoms with Crippen LogP contribution in [0.3, 0.4) is 0 Å². The highest BCUT2D eigenvalue weighted by atomic mass is 16.6. The first kappa shape index (κ1) is 20.8. The van der Waals surface area contributed by atoms with Crippen molar-refractivity contribution in [1.82, 2.24) is 4.90 Å². The van der Waals surface area contributed by atoms with Crippen molar-refractivity contribution in [3.63, 3.8) is 0 Å². The van der Waals surface area contributed by atoms with Gasteiger partial charge in [0.25, 0.3) is 17.3 Å². The normalized spacial score (nSPS) is 13.6. The SMILES string of the molecule is COc1ccc(N2CCN(C(=O)COc3ccc([N+](=O)[O-])cc3)CC2)c([N+](=O)[O-])c1. The van der Waals surface area contributed by atoms with Crippen molar-refractivity contribution in [3.8, 4) is 11.5 Å². The Kier molecular flexibility index (Phi) is 6.30. The van der Waals surface area contributed by atoms with Crippen molar-refractivity contribution < 1.29 is 24.1 Å². The second-order valence-electron chi connectivity index (χ2n) is 6.52. The molecule has 0 bridgehead atoms. The number of ether oxygens (including phenoxy) is 2. The van der Waals surface area contributed by atoms with Crippen LogP contribution in [0.1, 0.15) is 0 Å². The first-order chi connectivity index (χ1) is 14.4. The molecular weight excluding hydrogens is 396 g/mol. The molecule has 0 N–H and O–H groups in total. The fraction of sp³-hybridized carbons (Fsp3) is 0.316. The summed E-state index contributed by atoms with van der Waals surface area (Å²) in [7, 11) is 1.45. The summed E-state index contributed by atoms with van der Waals surface area (Å²) in [5.74, 6) is 0.543. The molecule has 2 aromatic rings. The van der Waals surface area contributed by atoms with Gasteiger partial charge < -0.3 is 19.3 Å². The molecule has 3 rings (SSSR count). The molecule has 0 spiro atoms. The fourth-order valence-corrected chi connectivity index (χ4v) is 3.14. The summed E-state index contributed by atoms with van der Waals surface area (Å²) in [6.45, 7) is 1.48. The molecule has 1 fully saturated rings. The number of nitro benzene ring substituents is 2. The van der Waals surface area contributed by atoms with Gasteiger partial charge in [-0.25, -0.2) is 0 Å². The molecule has 2 aromatic carbocycles. The average Bonchev–Trinajstić information content (AvgIpc) is 2.77. The molecule has 0 aromatic heterocycles. The molecule has 1 saturated heterocycles. The number of anilines is 1. The molecule has 0 atom stereocenters. The summed E-state index contributed by atoms with van der Waals surface area (Å²) in [5.41, 5.74) is 0.378. The minimum absolute atomic E-state index is 0.0457. The molecular formula is C19H20N4O7. The number of nitrogens with zero attached hydrogens (tertiary/aromatic N) is 4. The van der Waals surface area contributed by atoms with E-state index in [1.54, 1.807) is 17.0 Å². The van der Waals surface area contributed by atoms with Gasteiger partial charge in [-0.05, 0) is 24.3 Å². The van der Waals surface area contributed by atoms with Crippen molar-refractivity contribution in [1.29, 1.82) is 0 Å². The number of methoxy groups -OCH3 is 1. The number of rotatable bonds is 7. The molecule has 1 aliphatic heterocycles. The number of carbonyl (C=O) groups excluding carboxylic acids is 1. The van der Waals surface area contributed by atoms with Gasteiger partial charge in [-0.3, -0.25) is 25.0 Å². The lowest BCUT2D eigenvalue weighted by Crippen LogP contribution is -2.50. The van der Waals surface area contributed by atoms with E-state index in [0.29, 0.717) is 43.4 Å². The monoisotopic (exact) mass is 416 g/mol. The second kappa shape index (κ2) is 9.07. The molecule has 0 unspecified atom stereocenters. The average molecular weight is 416 g/mol. The van der Waals surface area contributed by atoms with E-state index >= 15 is 0 Å². The minimum atomic E-state index is -0.512. The van der Waals surface area contributed by atoms with Crippen molar-refractivity contribution in [2.24, 2.45) is 0 Å². The van der Waals surface area contributed by atoms with Crippen LogP contribution < -0.4 is 14.4 Å². The van der Waals surface area contributed by atoms with Gasteiger partial charge in [0.1, 0.15) is 17.2 Å². The van der Waals surface area contributed by atoms with E-state index in [1.807, 2.05) is 4.90 Å². The molecule has 11 heteroatoms. The maximum absolute atomic E-state index is 12.4. The highest BCUT2D eigenvalue weighted by Gasteiger charge is 2.26. The lowest BCUT2D eigenvalue weighted by Gasteiger charge is -2.35. The van der Waals surface area contributed by atoms with Gasteiger partial charge in [0.05, 0.1) is 23.0 Å². The number of hydrogen-bond donors (Lipinski definition) is 0. The minimum Gasteiger partial charge on any atom is -0.496 e. The van der Waals surface area contributed by atoms with E-state index < -0.39 is 9.85 Å². The predicted molar refractivity (Wildman–Crippen MR) is 107 cm³/mol. The first-order valence-corrected chi connectivity index (χ1v) is 9.11. The Labute approximate surface area is 171 Å². The molecule has 0 saturated carbocycles. The lowest BCUT2D eigenvalue weighted by molar-refractivity contribution is -0.384. The Morgan fingerprint density at radius 1 is 0.967 bits per heavy atom. The number of carbonyl (C=O) groups is 1. The zero-order valence-electron chi connectivity index (χ0n) is 16.2. The van der Waals surface area contributed by atoms with Crippen LogP contribution in [0.4, 0.5) is 17.1 Å². The second-order valence-corrected chi connectivity index (χ2v) is 6.52. The van der Waals surface area contributed by atoms with Crippen LogP contribution in [0.15, 0.2) is 42.5 Å². The zero-order valence-corrected chi connectivity index (χ0v) is 16.2. The van der Waals surface area contributed by atoms with E-state index in [2.05, 4.69) is 0 Å². The van der Waals surface area contributed by atoms with Crippen molar-refractivity contribution in [3.05, 3.63) is 62.7 Å². The summed E-state index contributed by atoms with van der Waals surface area (Å²) in [5, 5.41) is 22.0. The standard InChI is InChI=1S/C19H20N4O7/c1-29-16-6-7-17(18(12-16)23(27)28)20-8-10-21(11-9-20)19(24)13-30-15-4-2-14(3-5-15)22(25)26/h2-7,12H,8-11,13H2,1H3. The Morgan fingerprint density at radius 2 is 1.60 bits per heavy atom. The highest BCUT2D eigenvalue weighted by Crippen LogP contribution is 2.32. The quantitative estimate of drug-likeness (QED) is 0.496. The van der Waals surface area contributed by atoms with Gasteiger partial charge in [0.15, 0.2) is 6.61 Å². The third kappa shape index (κ3) is 4.74. The summed E-state index contributed by atoms with van der Waals surface area (Å²) in [6.07, 6.45) is 0. The number of piperazine rings is 1. The molecule has 30 heavy (non-hydrogen) atoms. The van der Waals surface area contributed by atoms with Crippen molar-refractivity contribution in [2.75, 3.05) is 44.8 Å². The largest absolute Gasteiger partial charge is 0.496 e. The molecule has 1 aliphatic rings. The molecule has 11 nitrogen and oxygen atoms in total. The summed E-state index contributed by atoms with van der Waals surface area (Å²) in [6, 6.07) is 10.2. The van der Waals surface area contributed by atoms with E-state index in [4.69, 9.17) is 9.47 Å². The van der Waals surface area contributed by atoms with E-state index in [-0.39, 0.29) is 23.9 Å². The molecule has 0 aliphatic carbocycles. The fourth-order valence-electron chi connectivity index (χ4n) is 3.14. The topological polar surface area (TPSA) is 128 Å². The van der Waals surface area contributed by atoms with Gasteiger partial charge in [-0.15, -0.1) is 0 Å². The predicted octanol–water partition coefficient (Wildman–Crippen LogP) is 2.24. The first-order valence-electron chi connectivity index (χ1n) is 9.11. The van der Waals surface area contributed by atoms with E-state index in [0.717, 1.165) is 0 Å². The van der Waals surface area contributed by atoms with Crippen LogP contribution in [0.25, 0.3) is 0 Å². The number of non-ortho nitro benzene ring substituents is 1. The van der Waals surface area contributed by atoms with Gasteiger partial charge in [-0.2, -0.15) is 0 Å². The van der Waals surface area contributed by atoms with Gasteiger partial charge in [-0.1, -0.05) is 0 Å². The summed E-state index contributed by atoms with van der Waals surface area (Å²) >= 11 is 0. The number of nitro groups is 2. The van der Waals surface area contributed by atoms with Crippen LogP contribution in [0, 0.1) is 20.2 Å². The van der Waals surface area contributed by atoms with Crippen molar-refractivity contribution in [2.45, 2.75) is 0 Å². The lowest BCUT2D eigenvalue weighted by atomic mass is 10.2. The van der Waals surface area contributed by atoms with Crippen LogP contribution >= 0.6 is 0 Å². The van der Waals surface area contributed by atoms with Crippen LogP contribution in [-0.2, 0) is 4.79 Å². The Bertz CT molecular complexity index is 940.